The molecule has 1 saturated heterocycles. The molecule has 0 aromatic carbocycles. The van der Waals surface area contributed by atoms with Gasteiger partial charge in [-0.15, -0.1) is 0 Å². The Kier molecular flexibility index (Phi) is 3.04. The highest BCUT2D eigenvalue weighted by Gasteiger charge is 2.25. The summed E-state index contributed by atoms with van der Waals surface area (Å²) in [5.41, 5.74) is 7.46. The summed E-state index contributed by atoms with van der Waals surface area (Å²) < 4.78 is 2.02. The highest BCUT2D eigenvalue weighted by Crippen LogP contribution is 2.23. The molecule has 1 aromatic heterocycles. The molecule has 0 spiro atoms. The van der Waals surface area contributed by atoms with Crippen LogP contribution in [0.25, 0.3) is 0 Å². The number of nitrogens with one attached hydrogen (secondary N) is 1. The summed E-state index contributed by atoms with van der Waals surface area (Å²) in [5, 5.41) is 7.83. The van der Waals surface area contributed by atoms with Crippen LogP contribution in [-0.4, -0.2) is 28.9 Å². The van der Waals surface area contributed by atoms with Gasteiger partial charge in [-0.2, -0.15) is 5.10 Å². The van der Waals surface area contributed by atoms with Gasteiger partial charge < -0.3 is 11.1 Å². The van der Waals surface area contributed by atoms with Crippen molar-refractivity contribution in [2.75, 3.05) is 13.1 Å². The fourth-order valence-electron chi connectivity index (χ4n) is 2.14. The molecule has 2 atom stereocenters. The first-order valence-corrected chi connectivity index (χ1v) is 6.00. The maximum Gasteiger partial charge on any atom is 0.0543 e. The highest BCUT2D eigenvalue weighted by molar-refractivity contribution is 5.16. The second kappa shape index (κ2) is 4.18. The summed E-state index contributed by atoms with van der Waals surface area (Å²) >= 11 is 0. The maximum absolute atomic E-state index is 6.15. The van der Waals surface area contributed by atoms with E-state index in [0.717, 1.165) is 19.5 Å². The zero-order valence-electron chi connectivity index (χ0n) is 10.4. The molecule has 16 heavy (non-hydrogen) atoms. The van der Waals surface area contributed by atoms with Crippen LogP contribution in [0.1, 0.15) is 38.7 Å². The van der Waals surface area contributed by atoms with E-state index in [2.05, 4.69) is 37.4 Å². The lowest BCUT2D eigenvalue weighted by Gasteiger charge is -2.28. The maximum atomic E-state index is 6.15. The molecule has 0 saturated carbocycles. The van der Waals surface area contributed by atoms with Crippen LogP contribution in [0.4, 0.5) is 0 Å². The second-order valence-corrected chi connectivity index (χ2v) is 5.65. The van der Waals surface area contributed by atoms with Crippen molar-refractivity contribution in [2.24, 2.45) is 5.73 Å². The molecule has 0 bridgehead atoms. The van der Waals surface area contributed by atoms with Crippen molar-refractivity contribution < 1.29 is 0 Å². The molecule has 90 valence electrons. The average Bonchev–Trinajstić information content (AvgIpc) is 2.66. The number of nitrogens with two attached hydrogens (primary N) is 1. The summed E-state index contributed by atoms with van der Waals surface area (Å²) in [6, 6.07) is 0.263. The van der Waals surface area contributed by atoms with E-state index < -0.39 is 0 Å². The number of nitrogens with zero attached hydrogens (tertiary/aromatic N) is 2. The summed E-state index contributed by atoms with van der Waals surface area (Å²) in [4.78, 5) is 0. The molecule has 0 amide bonds. The third-order valence-electron chi connectivity index (χ3n) is 3.25. The molecular formula is C12H22N4. The van der Waals surface area contributed by atoms with Crippen molar-refractivity contribution in [3.05, 3.63) is 18.0 Å². The first kappa shape index (κ1) is 11.6. The summed E-state index contributed by atoms with van der Waals surface area (Å²) in [5.74, 6) is 0.407. The van der Waals surface area contributed by atoms with Crippen LogP contribution in [0, 0.1) is 0 Å². The average molecular weight is 222 g/mol. The largest absolute Gasteiger partial charge is 0.327 e. The van der Waals surface area contributed by atoms with Crippen molar-refractivity contribution in [3.63, 3.8) is 0 Å². The Morgan fingerprint density at radius 1 is 1.50 bits per heavy atom. The first-order chi connectivity index (χ1) is 7.48. The van der Waals surface area contributed by atoms with Gasteiger partial charge in [0, 0.05) is 24.7 Å². The minimum Gasteiger partial charge on any atom is -0.327 e. The zero-order valence-corrected chi connectivity index (χ0v) is 10.4. The SMILES string of the molecule is CC(C)(C)n1cc(C2CNCCC2N)cn1. The molecule has 2 rings (SSSR count). The van der Waals surface area contributed by atoms with Gasteiger partial charge in [0.05, 0.1) is 11.7 Å². The van der Waals surface area contributed by atoms with Crippen LogP contribution in [0.2, 0.25) is 0 Å². The normalized spacial score (nSPS) is 27.0. The minimum atomic E-state index is 0.0461. The highest BCUT2D eigenvalue weighted by atomic mass is 15.3. The first-order valence-electron chi connectivity index (χ1n) is 6.00. The molecule has 0 radical (unpaired) electrons. The van der Waals surface area contributed by atoms with E-state index in [1.165, 1.54) is 5.56 Å². The van der Waals surface area contributed by atoms with Gasteiger partial charge in [0.15, 0.2) is 0 Å². The smallest absolute Gasteiger partial charge is 0.0543 e. The van der Waals surface area contributed by atoms with E-state index in [4.69, 9.17) is 5.73 Å². The fraction of sp³-hybridized carbons (Fsp3) is 0.750. The standard InChI is InChI=1S/C12H22N4/c1-12(2,3)16-8-9(6-15-16)10-7-14-5-4-11(10)13/h6,8,10-11,14H,4-5,7,13H2,1-3H3. The van der Waals surface area contributed by atoms with Gasteiger partial charge in [-0.05, 0) is 39.3 Å². The van der Waals surface area contributed by atoms with Gasteiger partial charge in [-0.1, -0.05) is 0 Å². The van der Waals surface area contributed by atoms with Gasteiger partial charge in [0.25, 0.3) is 0 Å². The van der Waals surface area contributed by atoms with E-state index in [1.807, 2.05) is 10.9 Å². The lowest BCUT2D eigenvalue weighted by atomic mass is 9.89. The molecule has 1 fully saturated rings. The molecule has 1 aliphatic rings. The van der Waals surface area contributed by atoms with E-state index in [-0.39, 0.29) is 11.6 Å². The van der Waals surface area contributed by atoms with E-state index >= 15 is 0 Å². The Morgan fingerprint density at radius 3 is 2.81 bits per heavy atom. The van der Waals surface area contributed by atoms with Gasteiger partial charge >= 0.3 is 0 Å². The fourth-order valence-corrected chi connectivity index (χ4v) is 2.14. The Bertz CT molecular complexity index is 350. The van der Waals surface area contributed by atoms with Crippen LogP contribution in [-0.2, 0) is 5.54 Å². The van der Waals surface area contributed by atoms with Crippen LogP contribution in [0.15, 0.2) is 12.4 Å². The van der Waals surface area contributed by atoms with Crippen LogP contribution < -0.4 is 11.1 Å². The van der Waals surface area contributed by atoms with Crippen LogP contribution in [0.5, 0.6) is 0 Å². The third kappa shape index (κ3) is 2.28. The monoisotopic (exact) mass is 222 g/mol. The molecule has 3 N–H and O–H groups in total. The third-order valence-corrected chi connectivity index (χ3v) is 3.25. The molecule has 2 heterocycles. The quantitative estimate of drug-likeness (QED) is 0.746. The predicted molar refractivity (Wildman–Crippen MR) is 65.4 cm³/mol. The summed E-state index contributed by atoms with van der Waals surface area (Å²) in [7, 11) is 0. The molecule has 2 unspecified atom stereocenters. The minimum absolute atomic E-state index is 0.0461. The van der Waals surface area contributed by atoms with E-state index in [1.54, 1.807) is 0 Å². The number of aromatic nitrogens is 2. The molecule has 0 aliphatic carbocycles. The predicted octanol–water partition coefficient (Wildman–Crippen LogP) is 1.04. The molecular weight excluding hydrogens is 200 g/mol. The van der Waals surface area contributed by atoms with Gasteiger partial charge in [0.2, 0.25) is 0 Å². The second-order valence-electron chi connectivity index (χ2n) is 5.65. The molecule has 4 nitrogen and oxygen atoms in total. The van der Waals surface area contributed by atoms with Crippen LogP contribution in [0.3, 0.4) is 0 Å². The number of hydrogen-bond acceptors (Lipinski definition) is 3. The van der Waals surface area contributed by atoms with E-state index in [0.29, 0.717) is 5.92 Å². The van der Waals surface area contributed by atoms with Crippen molar-refractivity contribution in [2.45, 2.75) is 44.7 Å². The van der Waals surface area contributed by atoms with Gasteiger partial charge in [-0.25, -0.2) is 0 Å². The number of rotatable bonds is 1. The lowest BCUT2D eigenvalue weighted by Crippen LogP contribution is -2.43. The van der Waals surface area contributed by atoms with E-state index in [9.17, 15) is 0 Å². The van der Waals surface area contributed by atoms with Crippen molar-refractivity contribution >= 4 is 0 Å². The molecule has 1 aliphatic heterocycles. The van der Waals surface area contributed by atoms with Crippen LogP contribution >= 0.6 is 0 Å². The number of piperidine rings is 1. The summed E-state index contributed by atoms with van der Waals surface area (Å²) in [6.45, 7) is 8.47. The van der Waals surface area contributed by atoms with Gasteiger partial charge in [-0.3, -0.25) is 4.68 Å². The van der Waals surface area contributed by atoms with Gasteiger partial charge in [0.1, 0.15) is 0 Å². The summed E-state index contributed by atoms with van der Waals surface area (Å²) in [6.07, 6.45) is 5.14. The topological polar surface area (TPSA) is 55.9 Å². The Labute approximate surface area is 97.2 Å². The Morgan fingerprint density at radius 2 is 2.25 bits per heavy atom. The number of hydrogen-bond donors (Lipinski definition) is 2. The van der Waals surface area contributed by atoms with Crippen molar-refractivity contribution in [1.82, 2.24) is 15.1 Å². The Hall–Kier alpha value is -0.870. The zero-order chi connectivity index (χ0) is 11.8. The molecule has 4 heteroatoms. The molecule has 1 aromatic rings. The lowest BCUT2D eigenvalue weighted by molar-refractivity contribution is 0.353. The van der Waals surface area contributed by atoms with Crippen molar-refractivity contribution in [3.8, 4) is 0 Å². The van der Waals surface area contributed by atoms with Crippen molar-refractivity contribution in [1.29, 1.82) is 0 Å². The Balaban J connectivity index is 2.18.